The van der Waals surface area contributed by atoms with Gasteiger partial charge in [-0.2, -0.15) is 57.0 Å². The average molecular weight is 1280 g/mol. The molecule has 0 fully saturated rings. The van der Waals surface area contributed by atoms with Gasteiger partial charge in [0.15, 0.2) is 5.82 Å². The number of anilines is 1. The number of nitrogens with one attached hydrogen (secondary N) is 3. The number of amides is 2. The maximum atomic E-state index is 15.1. The summed E-state index contributed by atoms with van der Waals surface area (Å²) in [4.78, 5) is 61.0. The molecule has 2 amide bonds. The second-order valence-corrected chi connectivity index (χ2v) is 24.2. The number of benzene rings is 4. The highest BCUT2D eigenvalue weighted by Gasteiger charge is 2.39. The van der Waals surface area contributed by atoms with Gasteiger partial charge in [-0.3, -0.25) is 33.4 Å². The summed E-state index contributed by atoms with van der Waals surface area (Å²) in [6, 6.07) is 18.2. The van der Waals surface area contributed by atoms with E-state index in [9.17, 15) is 40.7 Å². The van der Waals surface area contributed by atoms with Crippen molar-refractivity contribution in [1.82, 2.24) is 63.8 Å². The van der Waals surface area contributed by atoms with Crippen molar-refractivity contribution in [2.24, 2.45) is 11.8 Å². The van der Waals surface area contributed by atoms with Crippen LogP contribution in [0.1, 0.15) is 112 Å². The Morgan fingerprint density at radius 2 is 1.26 bits per heavy atom. The average Bonchev–Trinajstić information content (AvgIpc) is 1.84. The largest absolute Gasteiger partial charge is 0.417 e. The van der Waals surface area contributed by atoms with Gasteiger partial charge in [0.25, 0.3) is 22.9 Å². The van der Waals surface area contributed by atoms with Crippen molar-refractivity contribution in [3.05, 3.63) is 183 Å². The molecule has 26 heteroatoms. The lowest BCUT2D eigenvalue weighted by Crippen LogP contribution is -2.46. The van der Waals surface area contributed by atoms with Crippen LogP contribution in [-0.4, -0.2) is 94.7 Å². The first kappa shape index (κ1) is 58.8. The highest BCUT2D eigenvalue weighted by Crippen LogP contribution is 2.39. The first-order valence-electron chi connectivity index (χ1n) is 28.2. The molecule has 0 bridgehead atoms. The molecule has 0 saturated heterocycles. The van der Waals surface area contributed by atoms with E-state index in [-0.39, 0.29) is 64.5 Å². The summed E-state index contributed by atoms with van der Waals surface area (Å²) in [5.74, 6) is -0.490. The number of nitrogens with zero attached hydrogens (tertiary/aromatic N) is 11. The fraction of sp³-hybridized carbons (Fsp3) is 0.328. The zero-order chi connectivity index (χ0) is 61.7. The molecule has 12 rings (SSSR count). The topological polar surface area (TPSA) is 202 Å². The molecule has 2 aliphatic rings. The Kier molecular flexibility index (Phi) is 15.1. The Morgan fingerprint density at radius 1 is 0.713 bits per heavy atom. The van der Waals surface area contributed by atoms with E-state index in [0.717, 1.165) is 40.3 Å². The quantitative estimate of drug-likeness (QED) is 0.0933. The maximum Gasteiger partial charge on any atom is 0.417 e. The number of halogens is 8. The summed E-state index contributed by atoms with van der Waals surface area (Å²) >= 11 is 8.87. The van der Waals surface area contributed by atoms with Crippen LogP contribution in [0.25, 0.3) is 44.8 Å². The first-order chi connectivity index (χ1) is 41.4. The lowest BCUT2D eigenvalue weighted by Gasteiger charge is -2.35. The zero-order valence-corrected chi connectivity index (χ0v) is 50.0. The number of hydrogen-bond acceptors (Lipinski definition) is 10. The van der Waals surface area contributed by atoms with Gasteiger partial charge in [0, 0.05) is 67.9 Å². The van der Waals surface area contributed by atoms with Gasteiger partial charge in [-0.1, -0.05) is 60.4 Å². The molecule has 10 aromatic rings. The minimum atomic E-state index is -4.78. The summed E-state index contributed by atoms with van der Waals surface area (Å²) in [6.07, 6.45) is -3.72. The third kappa shape index (κ3) is 10.5. The highest BCUT2D eigenvalue weighted by atomic mass is 79.9. The van der Waals surface area contributed by atoms with Crippen LogP contribution in [-0.2, 0) is 57.5 Å². The van der Waals surface area contributed by atoms with Crippen LogP contribution in [0.15, 0.2) is 105 Å². The molecule has 3 unspecified atom stereocenters. The van der Waals surface area contributed by atoms with E-state index in [1.54, 1.807) is 51.5 Å². The molecule has 18 nitrogen and oxygen atoms in total. The van der Waals surface area contributed by atoms with Crippen LogP contribution in [0.5, 0.6) is 0 Å². The van der Waals surface area contributed by atoms with Crippen LogP contribution in [0.4, 0.5) is 32.2 Å². The number of aryl methyl sites for hydroxylation is 1. The monoisotopic (exact) mass is 1280 g/mol. The van der Waals surface area contributed by atoms with Crippen LogP contribution >= 0.6 is 27.5 Å². The van der Waals surface area contributed by atoms with Crippen LogP contribution < -0.4 is 16.4 Å². The predicted octanol–water partition coefficient (Wildman–Crippen LogP) is 11.6. The SMILES string of the molecule is CNc1n[nH]c2cc(-n3c(=O)c4c(n5ncc(CC(C)CCc6n[nH]nc6-c6ccc(-n7c(=O)c8c(n9ncc(CC(C)C)c79)CN(C(=O)c7ccc(Cl)c(C(F)(F)F)c7)C(C)C8)cc6)c35)CN(C(=O)c3ccc(Br)c(C(F)(F)F)c3)C(C)C4)ccc12. The number of fused-ring (bicyclic) bond motifs is 7. The number of alkyl halides is 6. The molecular formula is C61H56BrClF6N14O4. The number of carbonyl (C=O) groups excluding carboxylic acids is 2. The molecule has 6 aromatic heterocycles. The minimum Gasteiger partial charge on any atom is -0.371 e. The molecule has 0 saturated carbocycles. The van der Waals surface area contributed by atoms with E-state index in [0.29, 0.717) is 93.6 Å². The molecule has 8 heterocycles. The fourth-order valence-corrected chi connectivity index (χ4v) is 12.9. The third-order valence-corrected chi connectivity index (χ3v) is 17.6. The van der Waals surface area contributed by atoms with Crippen molar-refractivity contribution >= 4 is 67.4 Å². The number of carbonyl (C=O) groups is 2. The zero-order valence-electron chi connectivity index (χ0n) is 47.7. The van der Waals surface area contributed by atoms with Crippen molar-refractivity contribution in [2.45, 2.75) is 111 Å². The molecule has 0 radical (unpaired) electrons. The van der Waals surface area contributed by atoms with Crippen molar-refractivity contribution in [3.63, 3.8) is 0 Å². The molecule has 3 atom stereocenters. The summed E-state index contributed by atoms with van der Waals surface area (Å²) in [7, 11) is 1.76. The standard InChI is InChI=1S/C61H56BrClF6N14O4/c1-30(2)19-37-26-71-82-50-28-79(57(85)36-11-17-47(63)45(24-36)61(67,68)69)32(4)21-42(50)58(86)80(54(37)82)39-12-8-34(9-13-39)52-48(74-77-75-52)18-7-31(3)20-38-27-72-83-51-29-78(56(84)35-10-16-46(62)44(23-35)60(64,65)66)33(5)22-43(51)59(87)81(55(38)83)40-14-15-41-49(25-40)73-76-53(41)70-6/h8-17,23-27,30-33H,7,18-22,28-29H2,1-6H3,(H2,70,73,76)(H,74,75,77). The van der Waals surface area contributed by atoms with Gasteiger partial charge in [-0.25, -0.2) is 9.03 Å². The van der Waals surface area contributed by atoms with Crippen molar-refractivity contribution in [2.75, 3.05) is 12.4 Å². The van der Waals surface area contributed by atoms with E-state index in [1.165, 1.54) is 28.0 Å². The second kappa shape index (κ2) is 22.3. The van der Waals surface area contributed by atoms with Gasteiger partial charge in [-0.05, 0) is 131 Å². The Hall–Kier alpha value is -8.58. The molecule has 3 N–H and O–H groups in total. The third-order valence-electron chi connectivity index (χ3n) is 16.6. The Bertz CT molecular complexity index is 4520. The summed E-state index contributed by atoms with van der Waals surface area (Å²) in [6.45, 7) is 9.51. The highest BCUT2D eigenvalue weighted by molar-refractivity contribution is 9.10. The summed E-state index contributed by atoms with van der Waals surface area (Å²) in [5, 5.41) is 32.3. The molecule has 0 spiro atoms. The van der Waals surface area contributed by atoms with Gasteiger partial charge in [0.05, 0.1) is 75.6 Å². The molecule has 0 aliphatic carbocycles. The van der Waals surface area contributed by atoms with Crippen molar-refractivity contribution in [3.8, 4) is 22.6 Å². The molecule has 4 aromatic carbocycles. The smallest absolute Gasteiger partial charge is 0.371 e. The van der Waals surface area contributed by atoms with Gasteiger partial charge < -0.3 is 15.1 Å². The number of aromatic amines is 2. The van der Waals surface area contributed by atoms with E-state index in [4.69, 9.17) is 21.8 Å². The number of H-pyrrole nitrogens is 2. The van der Waals surface area contributed by atoms with Gasteiger partial charge >= 0.3 is 12.4 Å². The lowest BCUT2D eigenvalue weighted by atomic mass is 9.95. The number of rotatable bonds is 13. The Balaban J connectivity index is 0.827. The first-order valence-corrected chi connectivity index (χ1v) is 29.4. The van der Waals surface area contributed by atoms with Crippen molar-refractivity contribution in [1.29, 1.82) is 0 Å². The van der Waals surface area contributed by atoms with Crippen molar-refractivity contribution < 1.29 is 35.9 Å². The van der Waals surface area contributed by atoms with Gasteiger partial charge in [0.1, 0.15) is 17.0 Å². The van der Waals surface area contributed by atoms with Crippen LogP contribution in [0.2, 0.25) is 5.02 Å². The molecule has 2 aliphatic heterocycles. The molecule has 87 heavy (non-hydrogen) atoms. The summed E-state index contributed by atoms with van der Waals surface area (Å²) in [5.41, 5.74) is 4.99. The number of hydrogen-bond donors (Lipinski definition) is 3. The van der Waals surface area contributed by atoms with E-state index in [1.807, 2.05) is 56.3 Å². The second-order valence-electron chi connectivity index (χ2n) is 23.0. The van der Waals surface area contributed by atoms with E-state index in [2.05, 4.69) is 53.8 Å². The number of aromatic nitrogens is 11. The minimum absolute atomic E-state index is 0.0299. The Morgan fingerprint density at radius 3 is 1.84 bits per heavy atom. The van der Waals surface area contributed by atoms with Crippen LogP contribution in [0, 0.1) is 11.8 Å². The van der Waals surface area contributed by atoms with E-state index < -0.39 is 52.4 Å². The normalized spacial score (nSPS) is 15.9. The maximum absolute atomic E-state index is 15.1. The van der Waals surface area contributed by atoms with Gasteiger partial charge in [-0.15, -0.1) is 0 Å². The van der Waals surface area contributed by atoms with Gasteiger partial charge in [0.2, 0.25) is 0 Å². The fourth-order valence-electron chi connectivity index (χ4n) is 12.2. The summed E-state index contributed by atoms with van der Waals surface area (Å²) < 4.78 is 90.0. The lowest BCUT2D eigenvalue weighted by molar-refractivity contribution is -0.138. The van der Waals surface area contributed by atoms with E-state index >= 15 is 4.79 Å². The van der Waals surface area contributed by atoms with Crippen LogP contribution in [0.3, 0.4) is 0 Å². The Labute approximate surface area is 505 Å². The molecular weight excluding hydrogens is 1220 g/mol. The molecule has 450 valence electrons. The predicted molar refractivity (Wildman–Crippen MR) is 318 cm³/mol.